The average Bonchev–Trinajstić information content (AvgIpc) is 3.08. The summed E-state index contributed by atoms with van der Waals surface area (Å²) in [7, 11) is 5.52. The highest BCUT2D eigenvalue weighted by molar-refractivity contribution is 6.46. The van der Waals surface area contributed by atoms with Crippen LogP contribution in [0.15, 0.2) is 66.4 Å². The van der Waals surface area contributed by atoms with E-state index in [0.717, 1.165) is 23.1 Å². The van der Waals surface area contributed by atoms with E-state index in [9.17, 15) is 14.7 Å². The van der Waals surface area contributed by atoms with Crippen molar-refractivity contribution in [2.24, 2.45) is 0 Å². The van der Waals surface area contributed by atoms with Gasteiger partial charge in [-0.1, -0.05) is 24.3 Å². The molecule has 3 aromatic rings. The number of amides is 1. The molecule has 1 aromatic heterocycles. The van der Waals surface area contributed by atoms with Crippen molar-refractivity contribution in [3.05, 3.63) is 77.6 Å². The van der Waals surface area contributed by atoms with Crippen molar-refractivity contribution in [3.8, 4) is 5.75 Å². The van der Waals surface area contributed by atoms with Crippen LogP contribution in [0, 0.1) is 0 Å². The molecule has 1 aliphatic heterocycles. The SMILES string of the molecule is COc1ccc2cc(/C(O)=C3\C(=O)C(=O)N(CCCN(C)C)C3c3ccccn3)ccc2c1. The molecule has 170 valence electrons. The summed E-state index contributed by atoms with van der Waals surface area (Å²) in [6.45, 7) is 1.16. The number of methoxy groups -OCH3 is 1. The van der Waals surface area contributed by atoms with Gasteiger partial charge in [-0.15, -0.1) is 0 Å². The summed E-state index contributed by atoms with van der Waals surface area (Å²) < 4.78 is 5.27. The van der Waals surface area contributed by atoms with Gasteiger partial charge in [0.05, 0.1) is 18.4 Å². The number of hydrogen-bond donors (Lipinski definition) is 1. The summed E-state index contributed by atoms with van der Waals surface area (Å²) in [5.41, 5.74) is 1.09. The van der Waals surface area contributed by atoms with Gasteiger partial charge in [-0.3, -0.25) is 14.6 Å². The molecule has 1 unspecified atom stereocenters. The highest BCUT2D eigenvalue weighted by atomic mass is 16.5. The Hall–Kier alpha value is -3.71. The second-order valence-corrected chi connectivity index (χ2v) is 8.33. The lowest BCUT2D eigenvalue weighted by Crippen LogP contribution is -2.32. The van der Waals surface area contributed by atoms with E-state index in [1.807, 2.05) is 49.3 Å². The van der Waals surface area contributed by atoms with E-state index in [1.54, 1.807) is 37.6 Å². The molecule has 33 heavy (non-hydrogen) atoms. The quantitative estimate of drug-likeness (QED) is 0.340. The molecule has 2 aromatic carbocycles. The van der Waals surface area contributed by atoms with E-state index in [-0.39, 0.29) is 11.3 Å². The number of aliphatic hydroxyl groups excluding tert-OH is 1. The Labute approximate surface area is 192 Å². The van der Waals surface area contributed by atoms with Crippen molar-refractivity contribution in [2.75, 3.05) is 34.3 Å². The molecule has 0 aliphatic carbocycles. The molecule has 7 heteroatoms. The number of benzene rings is 2. The fourth-order valence-corrected chi connectivity index (χ4v) is 4.17. The number of nitrogens with zero attached hydrogens (tertiary/aromatic N) is 3. The number of hydrogen-bond acceptors (Lipinski definition) is 6. The molecule has 1 atom stereocenters. The molecule has 0 spiro atoms. The largest absolute Gasteiger partial charge is 0.507 e. The van der Waals surface area contributed by atoms with Crippen LogP contribution in [0.2, 0.25) is 0 Å². The lowest BCUT2D eigenvalue weighted by molar-refractivity contribution is -0.140. The molecular weight excluding hydrogens is 418 g/mol. The van der Waals surface area contributed by atoms with Gasteiger partial charge in [-0.05, 0) is 68.2 Å². The lowest BCUT2D eigenvalue weighted by Gasteiger charge is -2.25. The predicted molar refractivity (Wildman–Crippen MR) is 127 cm³/mol. The molecule has 1 amide bonds. The van der Waals surface area contributed by atoms with Crippen molar-refractivity contribution < 1.29 is 19.4 Å². The number of aromatic nitrogens is 1. The van der Waals surface area contributed by atoms with Crippen LogP contribution in [0.4, 0.5) is 0 Å². The maximum Gasteiger partial charge on any atom is 0.295 e. The van der Waals surface area contributed by atoms with Crippen LogP contribution in [0.3, 0.4) is 0 Å². The van der Waals surface area contributed by atoms with Gasteiger partial charge in [-0.25, -0.2) is 0 Å². The van der Waals surface area contributed by atoms with Gasteiger partial charge in [0.25, 0.3) is 11.7 Å². The summed E-state index contributed by atoms with van der Waals surface area (Å²) in [4.78, 5) is 34.0. The van der Waals surface area contributed by atoms with Crippen molar-refractivity contribution in [1.29, 1.82) is 0 Å². The number of ketones is 1. The molecule has 1 N–H and O–H groups in total. The lowest BCUT2D eigenvalue weighted by atomic mass is 9.97. The van der Waals surface area contributed by atoms with E-state index in [4.69, 9.17) is 4.74 Å². The fourth-order valence-electron chi connectivity index (χ4n) is 4.17. The molecule has 1 aliphatic rings. The second kappa shape index (κ2) is 9.42. The number of carbonyl (C=O) groups is 2. The molecule has 1 fully saturated rings. The third kappa shape index (κ3) is 4.45. The summed E-state index contributed by atoms with van der Waals surface area (Å²) in [6, 6.07) is 15.7. The highest BCUT2D eigenvalue weighted by Crippen LogP contribution is 2.39. The number of aliphatic hydroxyl groups is 1. The van der Waals surface area contributed by atoms with Crippen LogP contribution < -0.4 is 4.74 Å². The first-order valence-corrected chi connectivity index (χ1v) is 10.8. The van der Waals surface area contributed by atoms with Crippen LogP contribution >= 0.6 is 0 Å². The van der Waals surface area contributed by atoms with Crippen molar-refractivity contribution >= 4 is 28.2 Å². The first-order valence-electron chi connectivity index (χ1n) is 10.8. The summed E-state index contributed by atoms with van der Waals surface area (Å²) in [5.74, 6) is -0.769. The van der Waals surface area contributed by atoms with E-state index < -0.39 is 17.7 Å². The number of ether oxygens (including phenoxy) is 1. The molecular formula is C26H27N3O4. The Balaban J connectivity index is 1.79. The summed E-state index contributed by atoms with van der Waals surface area (Å²) >= 11 is 0. The third-order valence-corrected chi connectivity index (χ3v) is 5.83. The van der Waals surface area contributed by atoms with Crippen LogP contribution in [0.1, 0.15) is 23.7 Å². The Morgan fingerprint density at radius 1 is 1.09 bits per heavy atom. The molecule has 7 nitrogen and oxygen atoms in total. The molecule has 0 radical (unpaired) electrons. The summed E-state index contributed by atoms with van der Waals surface area (Å²) in [5, 5.41) is 13.1. The number of carbonyl (C=O) groups excluding carboxylic acids is 2. The average molecular weight is 446 g/mol. The highest BCUT2D eigenvalue weighted by Gasteiger charge is 2.46. The Bertz CT molecular complexity index is 1220. The topological polar surface area (TPSA) is 83.0 Å². The van der Waals surface area contributed by atoms with E-state index >= 15 is 0 Å². The summed E-state index contributed by atoms with van der Waals surface area (Å²) in [6.07, 6.45) is 2.32. The van der Waals surface area contributed by atoms with Crippen molar-refractivity contribution in [3.63, 3.8) is 0 Å². The molecule has 0 saturated carbocycles. The minimum atomic E-state index is -0.736. The van der Waals surface area contributed by atoms with E-state index in [0.29, 0.717) is 24.2 Å². The minimum absolute atomic E-state index is 0.0661. The van der Waals surface area contributed by atoms with Crippen LogP contribution in [0.5, 0.6) is 5.75 Å². The number of rotatable bonds is 7. The smallest absolute Gasteiger partial charge is 0.295 e. The number of fused-ring (bicyclic) bond motifs is 1. The van der Waals surface area contributed by atoms with Gasteiger partial charge >= 0.3 is 0 Å². The number of likely N-dealkylation sites (tertiary alicyclic amines) is 1. The predicted octanol–water partition coefficient (Wildman–Crippen LogP) is 3.62. The third-order valence-electron chi connectivity index (χ3n) is 5.83. The van der Waals surface area contributed by atoms with Gasteiger partial charge in [-0.2, -0.15) is 0 Å². The van der Waals surface area contributed by atoms with Gasteiger partial charge < -0.3 is 19.6 Å². The van der Waals surface area contributed by atoms with Crippen LogP contribution in [0.25, 0.3) is 16.5 Å². The fraction of sp³-hybridized carbons (Fsp3) is 0.269. The first-order chi connectivity index (χ1) is 15.9. The first kappa shape index (κ1) is 22.5. The molecule has 4 rings (SSSR count). The zero-order valence-corrected chi connectivity index (χ0v) is 19.0. The molecule has 1 saturated heterocycles. The minimum Gasteiger partial charge on any atom is -0.507 e. The second-order valence-electron chi connectivity index (χ2n) is 8.33. The zero-order chi connectivity index (χ0) is 23.5. The van der Waals surface area contributed by atoms with Crippen LogP contribution in [-0.2, 0) is 9.59 Å². The van der Waals surface area contributed by atoms with E-state index in [2.05, 4.69) is 4.98 Å². The standard InChI is InChI=1S/C26H27N3O4/c1-28(2)13-6-14-29-23(21-7-4-5-12-27-21)22(25(31)26(29)32)24(30)19-9-8-18-16-20(33-3)11-10-17(18)15-19/h4-5,7-12,15-16,23,30H,6,13-14H2,1-3H3/b24-22+. The van der Waals surface area contributed by atoms with Crippen molar-refractivity contribution in [2.45, 2.75) is 12.5 Å². The number of Topliss-reactive ketones (excluding diaryl/α,β-unsaturated/α-hetero) is 1. The Morgan fingerprint density at radius 2 is 1.85 bits per heavy atom. The van der Waals surface area contributed by atoms with Gasteiger partial charge in [0.2, 0.25) is 0 Å². The van der Waals surface area contributed by atoms with E-state index in [1.165, 1.54) is 4.90 Å². The Morgan fingerprint density at radius 3 is 2.55 bits per heavy atom. The maximum absolute atomic E-state index is 13.1. The molecule has 2 heterocycles. The van der Waals surface area contributed by atoms with Gasteiger partial charge in [0.15, 0.2) is 0 Å². The number of pyridine rings is 1. The van der Waals surface area contributed by atoms with Crippen molar-refractivity contribution in [1.82, 2.24) is 14.8 Å². The van der Waals surface area contributed by atoms with Gasteiger partial charge in [0, 0.05) is 18.3 Å². The zero-order valence-electron chi connectivity index (χ0n) is 19.0. The maximum atomic E-state index is 13.1. The van der Waals surface area contributed by atoms with Crippen LogP contribution in [-0.4, -0.2) is 65.9 Å². The van der Waals surface area contributed by atoms with Gasteiger partial charge in [0.1, 0.15) is 17.6 Å². The molecule has 0 bridgehead atoms. The normalized spacial score (nSPS) is 17.8. The monoisotopic (exact) mass is 445 g/mol. The Kier molecular flexibility index (Phi) is 6.42.